The van der Waals surface area contributed by atoms with E-state index in [2.05, 4.69) is 67.3 Å². The Morgan fingerprint density at radius 2 is 1.09 bits per heavy atom. The molecule has 238 valence electrons. The number of halogens is 6. The fourth-order valence-electron chi connectivity index (χ4n) is 5.28. The van der Waals surface area contributed by atoms with Gasteiger partial charge in [-0.3, -0.25) is 0 Å². The van der Waals surface area contributed by atoms with Gasteiger partial charge in [-0.2, -0.15) is 13.2 Å². The van der Waals surface area contributed by atoms with E-state index in [9.17, 15) is 13.2 Å². The molecule has 0 bridgehead atoms. The molecule has 2 fully saturated rings. The molecule has 8 nitrogen and oxygen atoms in total. The summed E-state index contributed by atoms with van der Waals surface area (Å²) in [6, 6.07) is 14.1. The summed E-state index contributed by atoms with van der Waals surface area (Å²) in [5.74, 6) is 1.48. The number of benzene rings is 2. The Bertz CT molecular complexity index is 1520. The van der Waals surface area contributed by atoms with E-state index in [0.717, 1.165) is 66.0 Å². The highest BCUT2D eigenvalue weighted by molar-refractivity contribution is 9.10. The number of anilines is 4. The highest BCUT2D eigenvalue weighted by Crippen LogP contribution is 2.37. The van der Waals surface area contributed by atoms with Crippen molar-refractivity contribution in [3.05, 3.63) is 92.8 Å². The van der Waals surface area contributed by atoms with Gasteiger partial charge in [-0.25, -0.2) is 19.9 Å². The molecule has 2 aromatic carbocycles. The first kappa shape index (κ1) is 33.2. The van der Waals surface area contributed by atoms with Gasteiger partial charge in [-0.15, -0.1) is 0 Å². The molecule has 0 radical (unpaired) electrons. The van der Waals surface area contributed by atoms with E-state index in [1.807, 2.05) is 29.2 Å². The molecular formula is C31H32Br2ClF3N8. The minimum absolute atomic E-state index is 0.00719. The molecule has 0 spiro atoms. The lowest BCUT2D eigenvalue weighted by atomic mass is 10.0. The third-order valence-electron chi connectivity index (χ3n) is 7.60. The smallest absolute Gasteiger partial charge is 0.382 e. The number of nitrogens with zero attached hydrogens (tertiary/aromatic N) is 6. The van der Waals surface area contributed by atoms with Crippen LogP contribution in [-0.2, 0) is 6.18 Å². The Morgan fingerprint density at radius 3 is 1.53 bits per heavy atom. The van der Waals surface area contributed by atoms with Crippen LogP contribution in [0.2, 0.25) is 5.02 Å². The lowest BCUT2D eigenvalue weighted by molar-refractivity contribution is -0.137. The maximum Gasteiger partial charge on any atom is 0.418 e. The van der Waals surface area contributed by atoms with E-state index >= 15 is 0 Å². The SMILES string of the molecule is Clc1cc(Br)ccc1NC1CCN(c2ncccn2)CC1.FC(F)(F)c1cc(Br)ccc1NC1CCN(c2ncccn2)CC1. The molecule has 2 N–H and O–H groups in total. The average molecular weight is 769 g/mol. The Hall–Kier alpha value is -3.16. The molecule has 0 atom stereocenters. The van der Waals surface area contributed by atoms with Crippen molar-refractivity contribution in [2.75, 3.05) is 46.6 Å². The van der Waals surface area contributed by atoms with E-state index in [1.165, 1.54) is 6.07 Å². The average Bonchev–Trinajstić information content (AvgIpc) is 3.05. The second-order valence-electron chi connectivity index (χ2n) is 10.7. The summed E-state index contributed by atoms with van der Waals surface area (Å²) in [4.78, 5) is 21.3. The van der Waals surface area contributed by atoms with Crippen molar-refractivity contribution < 1.29 is 13.2 Å². The lowest BCUT2D eigenvalue weighted by Gasteiger charge is -2.33. The monoisotopic (exact) mass is 766 g/mol. The summed E-state index contributed by atoms with van der Waals surface area (Å²) in [5, 5.41) is 7.32. The van der Waals surface area contributed by atoms with Crippen LogP contribution in [0.15, 0.2) is 82.3 Å². The quantitative estimate of drug-likeness (QED) is 0.203. The fourth-order valence-corrected chi connectivity index (χ4v) is 6.37. The van der Waals surface area contributed by atoms with Crippen LogP contribution in [0.25, 0.3) is 0 Å². The topological polar surface area (TPSA) is 82.1 Å². The zero-order valence-corrected chi connectivity index (χ0v) is 28.1. The molecule has 45 heavy (non-hydrogen) atoms. The van der Waals surface area contributed by atoms with Crippen LogP contribution in [0.3, 0.4) is 0 Å². The van der Waals surface area contributed by atoms with Gasteiger partial charge < -0.3 is 20.4 Å². The van der Waals surface area contributed by atoms with E-state index in [-0.39, 0.29) is 11.7 Å². The number of nitrogens with one attached hydrogen (secondary N) is 2. The van der Waals surface area contributed by atoms with Crippen LogP contribution in [0, 0.1) is 0 Å². The normalized spacial score (nSPS) is 16.1. The molecule has 4 heterocycles. The predicted octanol–water partition coefficient (Wildman–Crippen LogP) is 8.31. The second kappa shape index (κ2) is 15.4. The maximum atomic E-state index is 13.2. The fraction of sp³-hybridized carbons (Fsp3) is 0.355. The largest absolute Gasteiger partial charge is 0.418 e. The predicted molar refractivity (Wildman–Crippen MR) is 180 cm³/mol. The summed E-state index contributed by atoms with van der Waals surface area (Å²) in [6.07, 6.45) is 6.11. The first-order valence-electron chi connectivity index (χ1n) is 14.5. The number of hydrogen-bond acceptors (Lipinski definition) is 8. The summed E-state index contributed by atoms with van der Waals surface area (Å²) >= 11 is 12.8. The molecule has 2 saturated heterocycles. The highest BCUT2D eigenvalue weighted by atomic mass is 79.9. The van der Waals surface area contributed by atoms with E-state index in [0.29, 0.717) is 29.6 Å². The van der Waals surface area contributed by atoms with Gasteiger partial charge in [0, 0.05) is 77.7 Å². The second-order valence-corrected chi connectivity index (χ2v) is 13.0. The third kappa shape index (κ3) is 9.43. The molecule has 0 amide bonds. The van der Waals surface area contributed by atoms with Crippen molar-refractivity contribution in [3.8, 4) is 0 Å². The Labute approximate surface area is 282 Å². The summed E-state index contributed by atoms with van der Waals surface area (Å²) in [6.45, 7) is 3.32. The van der Waals surface area contributed by atoms with Gasteiger partial charge in [0.05, 0.1) is 16.3 Å². The Balaban J connectivity index is 0.000000179. The molecule has 14 heteroatoms. The van der Waals surface area contributed by atoms with Gasteiger partial charge in [-0.05, 0) is 74.2 Å². The molecule has 4 aromatic rings. The van der Waals surface area contributed by atoms with Crippen LogP contribution in [0.4, 0.5) is 36.4 Å². The molecule has 2 aromatic heterocycles. The van der Waals surface area contributed by atoms with Crippen molar-refractivity contribution in [2.24, 2.45) is 0 Å². The molecule has 0 aliphatic carbocycles. The molecule has 0 saturated carbocycles. The molecule has 6 rings (SSSR count). The standard InChI is InChI=1S/C16H16BrF3N4.C15H16BrClN4/c17-11-2-3-14(13(10-11)16(18,19)20)23-12-4-8-24(9-5-12)15-21-6-1-7-22-15;16-11-2-3-14(13(17)10-11)20-12-4-8-21(9-5-12)15-18-6-1-7-19-15/h1-3,6-7,10,12,23H,4-5,8-9H2;1-3,6-7,10,12,20H,4-5,8-9H2. The van der Waals surface area contributed by atoms with E-state index < -0.39 is 11.7 Å². The lowest BCUT2D eigenvalue weighted by Crippen LogP contribution is -2.40. The van der Waals surface area contributed by atoms with Crippen molar-refractivity contribution in [1.29, 1.82) is 0 Å². The number of alkyl halides is 3. The van der Waals surface area contributed by atoms with Gasteiger partial charge in [0.2, 0.25) is 11.9 Å². The molecule has 2 aliphatic heterocycles. The number of rotatable bonds is 6. The first-order chi connectivity index (χ1) is 21.7. The summed E-state index contributed by atoms with van der Waals surface area (Å²) in [7, 11) is 0. The van der Waals surface area contributed by atoms with Crippen LogP contribution in [-0.4, -0.2) is 58.2 Å². The maximum absolute atomic E-state index is 13.2. The summed E-state index contributed by atoms with van der Waals surface area (Å²) < 4.78 is 40.9. The summed E-state index contributed by atoms with van der Waals surface area (Å²) in [5.41, 5.74) is 0.472. The van der Waals surface area contributed by atoms with Gasteiger partial charge in [0.1, 0.15) is 0 Å². The molecule has 0 unspecified atom stereocenters. The minimum atomic E-state index is -4.38. The number of piperidine rings is 2. The van der Waals surface area contributed by atoms with Crippen molar-refractivity contribution >= 4 is 66.7 Å². The van der Waals surface area contributed by atoms with Gasteiger partial charge >= 0.3 is 6.18 Å². The zero-order chi connectivity index (χ0) is 31.8. The minimum Gasteiger partial charge on any atom is -0.382 e. The third-order valence-corrected chi connectivity index (χ3v) is 8.90. The highest BCUT2D eigenvalue weighted by Gasteiger charge is 2.34. The van der Waals surface area contributed by atoms with Crippen molar-refractivity contribution in [2.45, 2.75) is 43.9 Å². The Morgan fingerprint density at radius 1 is 0.667 bits per heavy atom. The molecular weight excluding hydrogens is 737 g/mol. The van der Waals surface area contributed by atoms with Crippen LogP contribution in [0.5, 0.6) is 0 Å². The molecule has 2 aliphatic rings. The van der Waals surface area contributed by atoms with Crippen molar-refractivity contribution in [1.82, 2.24) is 19.9 Å². The van der Waals surface area contributed by atoms with Crippen LogP contribution >= 0.6 is 43.5 Å². The first-order valence-corrected chi connectivity index (χ1v) is 16.5. The van der Waals surface area contributed by atoms with Gasteiger partial charge in [0.25, 0.3) is 0 Å². The van der Waals surface area contributed by atoms with Crippen LogP contribution < -0.4 is 20.4 Å². The van der Waals surface area contributed by atoms with E-state index in [1.54, 1.807) is 36.9 Å². The van der Waals surface area contributed by atoms with Gasteiger partial charge in [-0.1, -0.05) is 43.5 Å². The Kier molecular flexibility index (Phi) is 11.4. The van der Waals surface area contributed by atoms with Crippen molar-refractivity contribution in [3.63, 3.8) is 0 Å². The van der Waals surface area contributed by atoms with Crippen LogP contribution in [0.1, 0.15) is 31.2 Å². The number of aromatic nitrogens is 4. The van der Waals surface area contributed by atoms with E-state index in [4.69, 9.17) is 11.6 Å². The zero-order valence-electron chi connectivity index (χ0n) is 24.2. The number of hydrogen-bond donors (Lipinski definition) is 2. The van der Waals surface area contributed by atoms with Gasteiger partial charge in [0.15, 0.2) is 0 Å².